The summed E-state index contributed by atoms with van der Waals surface area (Å²) in [5.74, 6) is -0.766. The van der Waals surface area contributed by atoms with Crippen LogP contribution in [0.2, 0.25) is 0 Å². The Morgan fingerprint density at radius 2 is 1.91 bits per heavy atom. The van der Waals surface area contributed by atoms with Crippen LogP contribution in [0.4, 0.5) is 24.5 Å². The number of methoxy groups -OCH3 is 1. The van der Waals surface area contributed by atoms with E-state index in [2.05, 4.69) is 5.32 Å². The van der Waals surface area contributed by atoms with Gasteiger partial charge in [-0.3, -0.25) is 15.0 Å². The number of carbonyl (C=O) groups excluding carboxylic acids is 1. The Bertz CT molecular complexity index is 1150. The Hall–Kier alpha value is -3.51. The van der Waals surface area contributed by atoms with E-state index in [-0.39, 0.29) is 41.0 Å². The third-order valence-electron chi connectivity index (χ3n) is 5.07. The zero-order valence-corrected chi connectivity index (χ0v) is 18.9. The average molecular weight is 495 g/mol. The summed E-state index contributed by atoms with van der Waals surface area (Å²) in [5, 5.41) is 14.2. The minimum atomic E-state index is -4.58. The molecule has 2 aromatic rings. The van der Waals surface area contributed by atoms with Crippen molar-refractivity contribution in [3.8, 4) is 0 Å². The first-order chi connectivity index (χ1) is 16.0. The van der Waals surface area contributed by atoms with E-state index in [4.69, 9.17) is 21.7 Å². The molecule has 34 heavy (non-hydrogen) atoms. The standard InChI is InChI=1S/C22H20F3N3O5S/c1-13-18(20(29)33-10-9-32-2)19(14-5-3-8-17(11-14)28(30)31)26-21(34)27(13)16-7-4-6-15(12-16)22(23,24)25/h3-8,11-12,19H,9-10H2,1-2H3,(H,26,34). The average Bonchev–Trinajstić information content (AvgIpc) is 2.78. The van der Waals surface area contributed by atoms with Gasteiger partial charge in [-0.05, 0) is 42.9 Å². The largest absolute Gasteiger partial charge is 0.460 e. The van der Waals surface area contributed by atoms with Gasteiger partial charge in [-0.1, -0.05) is 18.2 Å². The Balaban J connectivity index is 2.12. The first kappa shape index (κ1) is 25.1. The van der Waals surface area contributed by atoms with Gasteiger partial charge in [0.1, 0.15) is 6.61 Å². The van der Waals surface area contributed by atoms with Crippen molar-refractivity contribution in [2.45, 2.75) is 19.1 Å². The predicted molar refractivity (Wildman–Crippen MR) is 121 cm³/mol. The number of nitrogens with one attached hydrogen (secondary N) is 1. The molecule has 0 aliphatic carbocycles. The summed E-state index contributed by atoms with van der Waals surface area (Å²) in [6, 6.07) is 9.19. The van der Waals surface area contributed by atoms with Gasteiger partial charge >= 0.3 is 12.1 Å². The quantitative estimate of drug-likeness (QED) is 0.197. The second kappa shape index (κ2) is 10.2. The molecular weight excluding hydrogens is 475 g/mol. The van der Waals surface area contributed by atoms with Gasteiger partial charge in [-0.2, -0.15) is 13.2 Å². The molecule has 8 nitrogen and oxygen atoms in total. The fourth-order valence-corrected chi connectivity index (χ4v) is 3.86. The molecule has 1 atom stereocenters. The number of nitrogens with zero attached hydrogens (tertiary/aromatic N) is 2. The lowest BCUT2D eigenvalue weighted by Gasteiger charge is -2.37. The van der Waals surface area contributed by atoms with E-state index in [9.17, 15) is 28.1 Å². The topological polar surface area (TPSA) is 93.9 Å². The van der Waals surface area contributed by atoms with Crippen molar-refractivity contribution >= 4 is 34.7 Å². The Morgan fingerprint density at radius 3 is 2.56 bits per heavy atom. The highest BCUT2D eigenvalue weighted by molar-refractivity contribution is 7.80. The molecule has 0 spiro atoms. The Kier molecular flexibility index (Phi) is 7.52. The van der Waals surface area contributed by atoms with Crippen molar-refractivity contribution < 1.29 is 32.4 Å². The van der Waals surface area contributed by atoms with Crippen LogP contribution < -0.4 is 10.2 Å². The van der Waals surface area contributed by atoms with Crippen LogP contribution >= 0.6 is 12.2 Å². The van der Waals surface area contributed by atoms with Crippen LogP contribution in [0.15, 0.2) is 59.8 Å². The number of carbonyl (C=O) groups is 1. The van der Waals surface area contributed by atoms with Crippen LogP contribution in [0.1, 0.15) is 24.1 Å². The maximum absolute atomic E-state index is 13.3. The molecule has 0 bridgehead atoms. The number of halogens is 3. The minimum absolute atomic E-state index is 0.0155. The molecule has 180 valence electrons. The number of allylic oxidation sites excluding steroid dienone is 1. The van der Waals surface area contributed by atoms with Crippen molar-refractivity contribution in [3.05, 3.63) is 81.0 Å². The van der Waals surface area contributed by atoms with Gasteiger partial charge in [-0.25, -0.2) is 4.79 Å². The molecule has 0 radical (unpaired) electrons. The van der Waals surface area contributed by atoms with Crippen molar-refractivity contribution in [3.63, 3.8) is 0 Å². The van der Waals surface area contributed by atoms with Crippen molar-refractivity contribution in [2.75, 3.05) is 25.2 Å². The second-order valence-electron chi connectivity index (χ2n) is 7.25. The highest BCUT2D eigenvalue weighted by Gasteiger charge is 2.37. The van der Waals surface area contributed by atoms with E-state index < -0.39 is 28.7 Å². The smallest absolute Gasteiger partial charge is 0.416 e. The van der Waals surface area contributed by atoms with Crippen LogP contribution in [0.25, 0.3) is 0 Å². The molecule has 0 saturated carbocycles. The van der Waals surface area contributed by atoms with Crippen LogP contribution in [0, 0.1) is 10.1 Å². The SMILES string of the molecule is COCCOC(=O)C1=C(C)N(c2cccc(C(F)(F)F)c2)C(=S)NC1c1cccc([N+](=O)[O-])c1. The monoisotopic (exact) mass is 495 g/mol. The molecule has 12 heteroatoms. The number of alkyl halides is 3. The van der Waals surface area contributed by atoms with E-state index in [0.717, 1.165) is 12.1 Å². The number of esters is 1. The second-order valence-corrected chi connectivity index (χ2v) is 7.63. The zero-order valence-electron chi connectivity index (χ0n) is 18.1. The molecule has 0 fully saturated rings. The summed E-state index contributed by atoms with van der Waals surface area (Å²) in [7, 11) is 1.43. The van der Waals surface area contributed by atoms with E-state index in [1.807, 2.05) is 0 Å². The third-order valence-corrected chi connectivity index (χ3v) is 5.37. The highest BCUT2D eigenvalue weighted by atomic mass is 32.1. The first-order valence-corrected chi connectivity index (χ1v) is 10.3. The van der Waals surface area contributed by atoms with Crippen LogP contribution in [0.3, 0.4) is 0 Å². The number of hydrogen-bond acceptors (Lipinski definition) is 6. The molecule has 0 saturated heterocycles. The van der Waals surface area contributed by atoms with Crippen LogP contribution in [-0.4, -0.2) is 36.3 Å². The molecule has 0 aromatic heterocycles. The fraction of sp³-hybridized carbons (Fsp3) is 0.273. The lowest BCUT2D eigenvalue weighted by Crippen LogP contribution is -2.48. The van der Waals surface area contributed by atoms with Gasteiger partial charge in [0.15, 0.2) is 5.11 Å². The summed E-state index contributed by atoms with van der Waals surface area (Å²) >= 11 is 5.42. The summed E-state index contributed by atoms with van der Waals surface area (Å²) in [4.78, 5) is 25.0. The van der Waals surface area contributed by atoms with E-state index >= 15 is 0 Å². The molecule has 1 heterocycles. The zero-order chi connectivity index (χ0) is 25.0. The van der Waals surface area contributed by atoms with Gasteiger partial charge in [0.05, 0.1) is 28.7 Å². The number of thiocarbonyl (C=S) groups is 1. The molecule has 1 unspecified atom stereocenters. The molecular formula is C22H20F3N3O5S. The third kappa shape index (κ3) is 5.34. The number of benzene rings is 2. The number of non-ortho nitro benzene ring substituents is 1. The maximum Gasteiger partial charge on any atom is 0.416 e. The summed E-state index contributed by atoms with van der Waals surface area (Å²) < 4.78 is 50.0. The molecule has 1 aliphatic heterocycles. The van der Waals surface area contributed by atoms with E-state index in [1.54, 1.807) is 6.07 Å². The van der Waals surface area contributed by atoms with Gasteiger partial charge in [0.25, 0.3) is 5.69 Å². The Labute approximate surface area is 198 Å². The molecule has 3 rings (SSSR count). The maximum atomic E-state index is 13.3. The van der Waals surface area contributed by atoms with Gasteiger partial charge in [-0.15, -0.1) is 0 Å². The van der Waals surface area contributed by atoms with Crippen LogP contribution in [0.5, 0.6) is 0 Å². The highest BCUT2D eigenvalue weighted by Crippen LogP contribution is 2.37. The summed E-state index contributed by atoms with van der Waals surface area (Å²) in [6.07, 6.45) is -4.58. The normalized spacial score (nSPS) is 16.3. The summed E-state index contributed by atoms with van der Waals surface area (Å²) in [6.45, 7) is 1.58. The minimum Gasteiger partial charge on any atom is -0.460 e. The van der Waals surface area contributed by atoms with E-state index in [0.29, 0.717) is 5.56 Å². The number of rotatable bonds is 7. The lowest BCUT2D eigenvalue weighted by molar-refractivity contribution is -0.384. The van der Waals surface area contributed by atoms with Gasteiger partial charge in [0.2, 0.25) is 0 Å². The lowest BCUT2D eigenvalue weighted by atomic mass is 9.94. The van der Waals surface area contributed by atoms with Crippen LogP contribution in [-0.2, 0) is 20.4 Å². The number of ether oxygens (including phenoxy) is 2. The Morgan fingerprint density at radius 1 is 1.21 bits per heavy atom. The van der Waals surface area contributed by atoms with Crippen molar-refractivity contribution in [1.82, 2.24) is 5.32 Å². The summed E-state index contributed by atoms with van der Waals surface area (Å²) in [5.41, 5.74) is -0.367. The number of hydrogen-bond donors (Lipinski definition) is 1. The molecule has 1 aliphatic rings. The number of anilines is 1. The molecule has 1 N–H and O–H groups in total. The van der Waals surface area contributed by atoms with Crippen molar-refractivity contribution in [2.24, 2.45) is 0 Å². The van der Waals surface area contributed by atoms with Crippen molar-refractivity contribution in [1.29, 1.82) is 0 Å². The predicted octanol–water partition coefficient (Wildman–Crippen LogP) is 4.51. The number of nitro groups is 1. The van der Waals surface area contributed by atoms with Gasteiger partial charge in [0, 0.05) is 30.6 Å². The number of nitro benzene ring substituents is 1. The van der Waals surface area contributed by atoms with Gasteiger partial charge < -0.3 is 14.8 Å². The first-order valence-electron chi connectivity index (χ1n) is 9.93. The van der Waals surface area contributed by atoms with E-state index in [1.165, 1.54) is 49.3 Å². The molecule has 2 aromatic carbocycles. The fourth-order valence-electron chi connectivity index (χ4n) is 3.50. The molecule has 0 amide bonds.